The second kappa shape index (κ2) is 9.37. The SMILES string of the molecule is N#Cc1ccnc(Nc2nc([C@H]3CCCCN3Cc3ccc(B(O)O)cc3)cs2)c1. The van der Waals surface area contributed by atoms with Crippen LogP contribution in [-0.4, -0.2) is 38.6 Å². The average Bonchev–Trinajstić information content (AvgIpc) is 3.23. The van der Waals surface area contributed by atoms with Crippen molar-refractivity contribution in [2.45, 2.75) is 31.8 Å². The molecule has 1 aliphatic heterocycles. The lowest BCUT2D eigenvalue weighted by Crippen LogP contribution is -2.33. The highest BCUT2D eigenvalue weighted by atomic mass is 32.1. The van der Waals surface area contributed by atoms with E-state index in [1.165, 1.54) is 17.8 Å². The molecule has 152 valence electrons. The zero-order chi connectivity index (χ0) is 20.9. The summed E-state index contributed by atoms with van der Waals surface area (Å²) < 4.78 is 0. The molecule has 3 aromatic rings. The molecule has 4 rings (SSSR count). The van der Waals surface area contributed by atoms with Crippen molar-refractivity contribution >= 4 is 34.9 Å². The van der Waals surface area contributed by atoms with Gasteiger partial charge >= 0.3 is 7.12 Å². The molecule has 0 radical (unpaired) electrons. The molecule has 0 unspecified atom stereocenters. The number of rotatable bonds is 6. The first kappa shape index (κ1) is 20.5. The van der Waals surface area contributed by atoms with Crippen LogP contribution in [0.15, 0.2) is 48.0 Å². The first-order valence-electron chi connectivity index (χ1n) is 9.90. The van der Waals surface area contributed by atoms with Gasteiger partial charge in [0.15, 0.2) is 5.13 Å². The summed E-state index contributed by atoms with van der Waals surface area (Å²) in [6, 6.07) is 13.1. The number of likely N-dealkylation sites (tertiary alicyclic amines) is 1. The lowest BCUT2D eigenvalue weighted by Gasteiger charge is -2.34. The number of pyridine rings is 1. The summed E-state index contributed by atoms with van der Waals surface area (Å²) in [7, 11) is -1.44. The van der Waals surface area contributed by atoms with Crippen molar-refractivity contribution in [3.8, 4) is 6.07 Å². The van der Waals surface area contributed by atoms with Gasteiger partial charge < -0.3 is 15.4 Å². The number of thiazole rings is 1. The number of anilines is 2. The number of benzene rings is 1. The number of nitriles is 1. The van der Waals surface area contributed by atoms with Gasteiger partial charge in [-0.05, 0) is 42.5 Å². The first-order chi connectivity index (χ1) is 14.6. The Hall–Kier alpha value is -2.77. The van der Waals surface area contributed by atoms with Crippen LogP contribution in [0.4, 0.5) is 10.9 Å². The molecule has 30 heavy (non-hydrogen) atoms. The van der Waals surface area contributed by atoms with Crippen molar-refractivity contribution in [2.24, 2.45) is 0 Å². The summed E-state index contributed by atoms with van der Waals surface area (Å²) >= 11 is 1.54. The van der Waals surface area contributed by atoms with Crippen molar-refractivity contribution in [3.63, 3.8) is 0 Å². The summed E-state index contributed by atoms with van der Waals surface area (Å²) in [4.78, 5) is 11.5. The topological polar surface area (TPSA) is 105 Å². The van der Waals surface area contributed by atoms with E-state index < -0.39 is 7.12 Å². The van der Waals surface area contributed by atoms with Gasteiger partial charge in [-0.3, -0.25) is 4.90 Å². The molecule has 1 aromatic carbocycles. The van der Waals surface area contributed by atoms with Crippen LogP contribution in [0.3, 0.4) is 0 Å². The van der Waals surface area contributed by atoms with Gasteiger partial charge in [-0.15, -0.1) is 11.3 Å². The Kier molecular flexibility index (Phi) is 6.40. The van der Waals surface area contributed by atoms with Gasteiger partial charge in [-0.1, -0.05) is 30.7 Å². The van der Waals surface area contributed by atoms with E-state index in [0.717, 1.165) is 42.3 Å². The molecular formula is C21H22BN5O2S. The molecule has 1 saturated heterocycles. The van der Waals surface area contributed by atoms with Gasteiger partial charge in [0.2, 0.25) is 0 Å². The van der Waals surface area contributed by atoms with E-state index in [1.807, 2.05) is 12.1 Å². The molecular weight excluding hydrogens is 397 g/mol. The van der Waals surface area contributed by atoms with Crippen LogP contribution in [0.2, 0.25) is 0 Å². The zero-order valence-electron chi connectivity index (χ0n) is 16.4. The molecule has 1 atom stereocenters. The Labute approximate surface area is 179 Å². The summed E-state index contributed by atoms with van der Waals surface area (Å²) in [5.41, 5.74) is 3.24. The van der Waals surface area contributed by atoms with Gasteiger partial charge in [0.25, 0.3) is 0 Å². The van der Waals surface area contributed by atoms with Crippen LogP contribution in [-0.2, 0) is 6.54 Å². The third kappa shape index (κ3) is 4.86. The zero-order valence-corrected chi connectivity index (χ0v) is 17.2. The molecule has 0 bridgehead atoms. The molecule has 0 amide bonds. The Morgan fingerprint density at radius 3 is 2.83 bits per heavy atom. The molecule has 9 heteroatoms. The maximum atomic E-state index is 9.28. The van der Waals surface area contributed by atoms with Crippen LogP contribution in [0, 0.1) is 11.3 Å². The number of nitrogens with zero attached hydrogens (tertiary/aromatic N) is 4. The van der Waals surface area contributed by atoms with Crippen molar-refractivity contribution in [3.05, 3.63) is 64.8 Å². The minimum Gasteiger partial charge on any atom is -0.423 e. The standard InChI is InChI=1S/C21H22BN5O2S/c23-12-16-8-9-24-20(11-16)26-21-25-18(14-30-21)19-3-1-2-10-27(19)13-15-4-6-17(7-5-15)22(28)29/h4-9,11,14,19,28-29H,1-3,10,13H2,(H,24,25,26)/t19-/m1/s1. The molecule has 7 nitrogen and oxygen atoms in total. The fourth-order valence-corrected chi connectivity index (χ4v) is 4.48. The van der Waals surface area contributed by atoms with Crippen LogP contribution < -0.4 is 10.8 Å². The summed E-state index contributed by atoms with van der Waals surface area (Å²) in [5, 5.41) is 33.6. The van der Waals surface area contributed by atoms with Crippen molar-refractivity contribution in [1.29, 1.82) is 5.26 Å². The number of hydrogen-bond donors (Lipinski definition) is 3. The highest BCUT2D eigenvalue weighted by molar-refractivity contribution is 7.13. The average molecular weight is 419 g/mol. The molecule has 0 spiro atoms. The van der Waals surface area contributed by atoms with Gasteiger partial charge in [0, 0.05) is 18.1 Å². The fraction of sp³-hybridized carbons (Fsp3) is 0.286. The van der Waals surface area contributed by atoms with Gasteiger partial charge in [0.1, 0.15) is 5.82 Å². The van der Waals surface area contributed by atoms with Gasteiger partial charge in [-0.2, -0.15) is 5.26 Å². The maximum Gasteiger partial charge on any atom is 0.488 e. The van der Waals surface area contributed by atoms with E-state index in [-0.39, 0.29) is 6.04 Å². The van der Waals surface area contributed by atoms with Crippen molar-refractivity contribution < 1.29 is 10.0 Å². The smallest absolute Gasteiger partial charge is 0.423 e. The van der Waals surface area contributed by atoms with Crippen molar-refractivity contribution in [1.82, 2.24) is 14.9 Å². The highest BCUT2D eigenvalue weighted by Gasteiger charge is 2.26. The summed E-state index contributed by atoms with van der Waals surface area (Å²) in [6.07, 6.45) is 4.99. The molecule has 3 heterocycles. The molecule has 0 saturated carbocycles. The number of piperidine rings is 1. The van der Waals surface area contributed by atoms with E-state index >= 15 is 0 Å². The van der Waals surface area contributed by atoms with Gasteiger partial charge in [-0.25, -0.2) is 9.97 Å². The van der Waals surface area contributed by atoms with Crippen molar-refractivity contribution in [2.75, 3.05) is 11.9 Å². The van der Waals surface area contributed by atoms with E-state index in [1.54, 1.807) is 30.5 Å². The molecule has 2 aromatic heterocycles. The quantitative estimate of drug-likeness (QED) is 0.528. The van der Waals surface area contributed by atoms with E-state index in [9.17, 15) is 10.0 Å². The van der Waals surface area contributed by atoms with Gasteiger partial charge in [0.05, 0.1) is 23.4 Å². The molecule has 1 fully saturated rings. The highest BCUT2D eigenvalue weighted by Crippen LogP contribution is 2.34. The van der Waals surface area contributed by atoms with E-state index in [0.29, 0.717) is 16.8 Å². The number of aromatic nitrogens is 2. The largest absolute Gasteiger partial charge is 0.488 e. The first-order valence-corrected chi connectivity index (χ1v) is 10.8. The Morgan fingerprint density at radius 1 is 1.23 bits per heavy atom. The van der Waals surface area contributed by atoms with E-state index in [2.05, 4.69) is 26.6 Å². The minimum absolute atomic E-state index is 0.243. The van der Waals surface area contributed by atoms with Crippen LogP contribution in [0.5, 0.6) is 0 Å². The van der Waals surface area contributed by atoms with E-state index in [4.69, 9.17) is 10.2 Å². The monoisotopic (exact) mass is 419 g/mol. The third-order valence-electron chi connectivity index (χ3n) is 5.26. The Bertz CT molecular complexity index is 1030. The predicted molar refractivity (Wildman–Crippen MR) is 118 cm³/mol. The summed E-state index contributed by atoms with van der Waals surface area (Å²) in [6.45, 7) is 1.79. The second-order valence-electron chi connectivity index (χ2n) is 7.34. The lowest BCUT2D eigenvalue weighted by atomic mass is 9.80. The van der Waals surface area contributed by atoms with Crippen LogP contribution in [0.1, 0.15) is 42.1 Å². The molecule has 0 aliphatic carbocycles. The lowest BCUT2D eigenvalue weighted by molar-refractivity contribution is 0.138. The van der Waals surface area contributed by atoms with Crippen LogP contribution in [0.25, 0.3) is 0 Å². The third-order valence-corrected chi connectivity index (χ3v) is 6.04. The number of nitrogens with one attached hydrogen (secondary N) is 1. The molecule has 3 N–H and O–H groups in total. The maximum absolute atomic E-state index is 9.28. The normalized spacial score (nSPS) is 16.8. The Morgan fingerprint density at radius 2 is 2.07 bits per heavy atom. The minimum atomic E-state index is -1.44. The second-order valence-corrected chi connectivity index (χ2v) is 8.20. The number of hydrogen-bond acceptors (Lipinski definition) is 8. The summed E-state index contributed by atoms with van der Waals surface area (Å²) in [5.74, 6) is 0.613. The predicted octanol–water partition coefficient (Wildman–Crippen LogP) is 2.56. The Balaban J connectivity index is 1.47. The van der Waals surface area contributed by atoms with Crippen LogP contribution >= 0.6 is 11.3 Å². The molecule has 1 aliphatic rings. The fourth-order valence-electron chi connectivity index (χ4n) is 3.72.